The summed E-state index contributed by atoms with van der Waals surface area (Å²) in [7, 11) is 3.21. The van der Waals surface area contributed by atoms with Crippen LogP contribution in [0.4, 0.5) is 0 Å². The first kappa shape index (κ1) is 22.1. The highest BCUT2D eigenvalue weighted by Crippen LogP contribution is 2.29. The molecule has 0 unspecified atom stereocenters. The summed E-state index contributed by atoms with van der Waals surface area (Å²) >= 11 is 0. The Kier molecular flexibility index (Phi) is 7.86. The molecule has 164 valence electrons. The third kappa shape index (κ3) is 5.97. The highest BCUT2D eigenvalue weighted by atomic mass is 16.6. The van der Waals surface area contributed by atoms with Crippen LogP contribution >= 0.6 is 0 Å². The number of oxime groups is 1. The minimum atomic E-state index is -0.248. The average molecular weight is 425 g/mol. The second-order valence-corrected chi connectivity index (χ2v) is 6.75. The van der Waals surface area contributed by atoms with Crippen molar-refractivity contribution in [1.29, 1.82) is 0 Å². The van der Waals surface area contributed by atoms with Gasteiger partial charge < -0.3 is 19.0 Å². The van der Waals surface area contributed by atoms with Crippen molar-refractivity contribution in [2.75, 3.05) is 34.0 Å². The van der Waals surface area contributed by atoms with E-state index in [1.807, 2.05) is 49.4 Å². The summed E-state index contributed by atoms with van der Waals surface area (Å²) in [6, 6.07) is 13.0. The van der Waals surface area contributed by atoms with Gasteiger partial charge in [-0.05, 0) is 67.8 Å². The first-order chi connectivity index (χ1) is 15.1. The van der Waals surface area contributed by atoms with Gasteiger partial charge in [0.25, 0.3) is 5.91 Å². The lowest BCUT2D eigenvalue weighted by Gasteiger charge is -2.23. The summed E-state index contributed by atoms with van der Waals surface area (Å²) in [6.45, 7) is 2.81. The molecular weight excluding hydrogens is 398 g/mol. The molecule has 0 spiro atoms. The second-order valence-electron chi connectivity index (χ2n) is 6.75. The molecule has 2 aromatic rings. The number of hydrogen-bond donors (Lipinski definition) is 0. The van der Waals surface area contributed by atoms with Gasteiger partial charge in [0.1, 0.15) is 5.75 Å². The Hall–Kier alpha value is -3.55. The summed E-state index contributed by atoms with van der Waals surface area (Å²) in [4.78, 5) is 17.7. The molecule has 0 saturated heterocycles. The molecule has 2 aromatic carbocycles. The number of carbonyl (C=O) groups excluding carboxylic acids is 1. The first-order valence-electron chi connectivity index (χ1n) is 10.1. The zero-order chi connectivity index (χ0) is 22.1. The smallest absolute Gasteiger partial charge is 0.283 e. The summed E-state index contributed by atoms with van der Waals surface area (Å²) in [6.07, 6.45) is 3.14. The standard InChI is InChI=1S/C23H27N3O5/c1-4-30-22-14-18(9-12-21(22)29-3)20-6-5-13-26(25-20)23(27)16-31-24-15-17-7-10-19(28-2)11-8-17/h7-12,14-15H,4-6,13,16H2,1-3H3. The van der Waals surface area contributed by atoms with Gasteiger partial charge in [0.2, 0.25) is 0 Å². The van der Waals surface area contributed by atoms with E-state index >= 15 is 0 Å². The fraction of sp³-hybridized carbons (Fsp3) is 0.348. The number of ether oxygens (including phenoxy) is 3. The third-order valence-corrected chi connectivity index (χ3v) is 4.69. The number of carbonyl (C=O) groups is 1. The second kappa shape index (κ2) is 11.0. The molecule has 0 bridgehead atoms. The molecule has 31 heavy (non-hydrogen) atoms. The van der Waals surface area contributed by atoms with Crippen LogP contribution in [0.15, 0.2) is 52.7 Å². The van der Waals surface area contributed by atoms with Crippen LogP contribution in [-0.2, 0) is 9.63 Å². The van der Waals surface area contributed by atoms with E-state index in [1.165, 1.54) is 5.01 Å². The third-order valence-electron chi connectivity index (χ3n) is 4.69. The van der Waals surface area contributed by atoms with E-state index in [2.05, 4.69) is 10.3 Å². The molecule has 0 N–H and O–H groups in total. The number of rotatable bonds is 9. The Morgan fingerprint density at radius 3 is 2.65 bits per heavy atom. The van der Waals surface area contributed by atoms with E-state index < -0.39 is 0 Å². The Balaban J connectivity index is 1.60. The minimum absolute atomic E-state index is 0.184. The molecule has 1 aliphatic rings. The predicted molar refractivity (Wildman–Crippen MR) is 118 cm³/mol. The molecule has 8 nitrogen and oxygen atoms in total. The summed E-state index contributed by atoms with van der Waals surface area (Å²) in [5.74, 6) is 1.84. The summed E-state index contributed by atoms with van der Waals surface area (Å²) < 4.78 is 16.1. The maximum absolute atomic E-state index is 12.5. The molecule has 1 amide bonds. The fourth-order valence-electron chi connectivity index (χ4n) is 3.10. The van der Waals surface area contributed by atoms with Gasteiger partial charge in [-0.2, -0.15) is 5.10 Å². The highest BCUT2D eigenvalue weighted by Gasteiger charge is 2.20. The topological polar surface area (TPSA) is 82.0 Å². The van der Waals surface area contributed by atoms with Crippen molar-refractivity contribution in [2.45, 2.75) is 19.8 Å². The largest absolute Gasteiger partial charge is 0.497 e. The molecule has 3 rings (SSSR count). The summed E-state index contributed by atoms with van der Waals surface area (Å²) in [5.41, 5.74) is 2.57. The van der Waals surface area contributed by atoms with Crippen LogP contribution in [0.1, 0.15) is 30.9 Å². The van der Waals surface area contributed by atoms with E-state index in [0.717, 1.165) is 35.4 Å². The van der Waals surface area contributed by atoms with Gasteiger partial charge in [0.15, 0.2) is 18.1 Å². The Morgan fingerprint density at radius 1 is 1.13 bits per heavy atom. The number of methoxy groups -OCH3 is 2. The fourth-order valence-corrected chi connectivity index (χ4v) is 3.10. The Labute approximate surface area is 182 Å². The molecule has 0 fully saturated rings. The van der Waals surface area contributed by atoms with Crippen molar-refractivity contribution >= 4 is 17.8 Å². The van der Waals surface area contributed by atoms with Crippen molar-refractivity contribution in [3.05, 3.63) is 53.6 Å². The van der Waals surface area contributed by atoms with Gasteiger partial charge in [-0.1, -0.05) is 5.16 Å². The Bertz CT molecular complexity index is 941. The van der Waals surface area contributed by atoms with Crippen LogP contribution in [0.2, 0.25) is 0 Å². The van der Waals surface area contributed by atoms with Crippen LogP contribution in [0, 0.1) is 0 Å². The summed E-state index contributed by atoms with van der Waals surface area (Å²) in [5, 5.41) is 9.83. The zero-order valence-corrected chi connectivity index (χ0v) is 18.0. The lowest BCUT2D eigenvalue weighted by molar-refractivity contribution is -0.136. The monoisotopic (exact) mass is 425 g/mol. The van der Waals surface area contributed by atoms with E-state index in [4.69, 9.17) is 19.0 Å². The van der Waals surface area contributed by atoms with Gasteiger partial charge >= 0.3 is 0 Å². The van der Waals surface area contributed by atoms with Gasteiger partial charge in [-0.15, -0.1) is 0 Å². The first-order valence-corrected chi connectivity index (χ1v) is 10.1. The molecule has 0 saturated carbocycles. The van der Waals surface area contributed by atoms with Crippen LogP contribution < -0.4 is 14.2 Å². The van der Waals surface area contributed by atoms with Crippen molar-refractivity contribution in [3.63, 3.8) is 0 Å². The van der Waals surface area contributed by atoms with Crippen molar-refractivity contribution in [1.82, 2.24) is 5.01 Å². The maximum Gasteiger partial charge on any atom is 0.283 e. The molecular formula is C23H27N3O5. The van der Waals surface area contributed by atoms with E-state index in [-0.39, 0.29) is 12.5 Å². The lowest BCUT2D eigenvalue weighted by Crippen LogP contribution is -2.34. The van der Waals surface area contributed by atoms with Gasteiger partial charge in [-0.25, -0.2) is 5.01 Å². The minimum Gasteiger partial charge on any atom is -0.497 e. The van der Waals surface area contributed by atoms with Crippen LogP contribution in [0.3, 0.4) is 0 Å². The number of nitrogens with zero attached hydrogens (tertiary/aromatic N) is 3. The Morgan fingerprint density at radius 2 is 1.94 bits per heavy atom. The zero-order valence-electron chi connectivity index (χ0n) is 18.0. The molecule has 0 aliphatic carbocycles. The van der Waals surface area contributed by atoms with Crippen LogP contribution in [0.25, 0.3) is 0 Å². The van der Waals surface area contributed by atoms with Gasteiger partial charge in [0, 0.05) is 12.1 Å². The molecule has 1 heterocycles. The number of benzene rings is 2. The predicted octanol–water partition coefficient (Wildman–Crippen LogP) is 3.48. The lowest BCUT2D eigenvalue weighted by atomic mass is 10.0. The molecule has 0 aromatic heterocycles. The highest BCUT2D eigenvalue weighted by molar-refractivity contribution is 6.02. The number of amides is 1. The SMILES string of the molecule is CCOc1cc(C2=NN(C(=O)CON=Cc3ccc(OC)cc3)CCC2)ccc1OC. The quantitative estimate of drug-likeness (QED) is 0.454. The van der Waals surface area contributed by atoms with E-state index in [0.29, 0.717) is 24.7 Å². The number of hydrogen-bond acceptors (Lipinski definition) is 7. The number of hydrazone groups is 1. The van der Waals surface area contributed by atoms with Gasteiger partial charge in [-0.3, -0.25) is 4.79 Å². The maximum atomic E-state index is 12.5. The van der Waals surface area contributed by atoms with Crippen LogP contribution in [-0.4, -0.2) is 56.8 Å². The van der Waals surface area contributed by atoms with Crippen molar-refractivity contribution in [3.8, 4) is 17.2 Å². The molecule has 0 atom stereocenters. The molecule has 1 aliphatic heterocycles. The average Bonchev–Trinajstić information content (AvgIpc) is 2.82. The molecule has 8 heteroatoms. The van der Waals surface area contributed by atoms with E-state index in [1.54, 1.807) is 20.4 Å². The van der Waals surface area contributed by atoms with Crippen molar-refractivity contribution in [2.24, 2.45) is 10.3 Å². The van der Waals surface area contributed by atoms with Crippen molar-refractivity contribution < 1.29 is 23.8 Å². The van der Waals surface area contributed by atoms with Gasteiger partial charge in [0.05, 0.1) is 32.8 Å². The normalized spacial score (nSPS) is 13.6. The van der Waals surface area contributed by atoms with Crippen LogP contribution in [0.5, 0.6) is 17.2 Å². The van der Waals surface area contributed by atoms with E-state index in [9.17, 15) is 4.79 Å². The molecule has 0 radical (unpaired) electrons.